The number of benzene rings is 2. The minimum absolute atomic E-state index is 0.671. The van der Waals surface area contributed by atoms with Crippen LogP contribution in [-0.4, -0.2) is 9.97 Å². The van der Waals surface area contributed by atoms with Crippen LogP contribution in [0, 0.1) is 6.92 Å². The largest absolute Gasteiger partial charge is 0.366 e. The highest BCUT2D eigenvalue weighted by molar-refractivity contribution is 6.30. The molecule has 0 saturated heterocycles. The van der Waals surface area contributed by atoms with E-state index in [0.717, 1.165) is 32.8 Å². The maximum absolute atomic E-state index is 5.91. The van der Waals surface area contributed by atoms with Gasteiger partial charge in [-0.25, -0.2) is 9.97 Å². The predicted octanol–water partition coefficient (Wildman–Crippen LogP) is 5.32. The minimum Gasteiger partial charge on any atom is -0.366 e. The van der Waals surface area contributed by atoms with Crippen LogP contribution >= 0.6 is 23.2 Å². The van der Waals surface area contributed by atoms with Gasteiger partial charge in [0.05, 0.1) is 0 Å². The third kappa shape index (κ3) is 5.34. The van der Waals surface area contributed by atoms with Gasteiger partial charge in [-0.15, -0.1) is 0 Å². The number of aryl methyl sites for hydroxylation is 1. The first-order chi connectivity index (χ1) is 12.1. The zero-order valence-electron chi connectivity index (χ0n) is 13.8. The lowest BCUT2D eigenvalue weighted by Crippen LogP contribution is -2.07. The monoisotopic (exact) mass is 372 g/mol. The molecule has 0 unspecified atom stereocenters. The number of hydrogen-bond acceptors (Lipinski definition) is 4. The van der Waals surface area contributed by atoms with Gasteiger partial charge in [0.1, 0.15) is 17.5 Å². The number of nitrogens with one attached hydrogen (secondary N) is 2. The van der Waals surface area contributed by atoms with Gasteiger partial charge in [-0.05, 0) is 42.3 Å². The van der Waals surface area contributed by atoms with Crippen LogP contribution in [0.4, 0.5) is 11.6 Å². The molecule has 6 heteroatoms. The first-order valence-corrected chi connectivity index (χ1v) is 8.66. The summed E-state index contributed by atoms with van der Waals surface area (Å²) in [6.07, 6.45) is 0. The van der Waals surface area contributed by atoms with E-state index in [1.54, 1.807) is 0 Å². The minimum atomic E-state index is 0.671. The van der Waals surface area contributed by atoms with Crippen molar-refractivity contribution in [3.8, 4) is 0 Å². The highest BCUT2D eigenvalue weighted by Gasteiger charge is 2.03. The lowest BCUT2D eigenvalue weighted by atomic mass is 10.2. The van der Waals surface area contributed by atoms with Crippen LogP contribution in [0.25, 0.3) is 0 Å². The second kappa shape index (κ2) is 8.19. The van der Waals surface area contributed by atoms with Crippen molar-refractivity contribution < 1.29 is 0 Å². The Labute approximate surface area is 157 Å². The number of hydrogen-bond donors (Lipinski definition) is 2. The summed E-state index contributed by atoms with van der Waals surface area (Å²) >= 11 is 11.8. The van der Waals surface area contributed by atoms with E-state index in [0.29, 0.717) is 18.9 Å². The second-order valence-corrected chi connectivity index (χ2v) is 6.52. The third-order valence-electron chi connectivity index (χ3n) is 3.61. The zero-order valence-corrected chi connectivity index (χ0v) is 15.3. The van der Waals surface area contributed by atoms with Gasteiger partial charge in [-0.1, -0.05) is 47.5 Å². The molecule has 3 aromatic rings. The maximum atomic E-state index is 5.91. The van der Waals surface area contributed by atoms with Crippen molar-refractivity contribution >= 4 is 34.8 Å². The van der Waals surface area contributed by atoms with Gasteiger partial charge in [0.25, 0.3) is 0 Å². The number of rotatable bonds is 6. The second-order valence-electron chi connectivity index (χ2n) is 5.65. The van der Waals surface area contributed by atoms with Gasteiger partial charge < -0.3 is 10.6 Å². The molecule has 0 aliphatic carbocycles. The molecule has 0 amide bonds. The topological polar surface area (TPSA) is 49.8 Å². The van der Waals surface area contributed by atoms with Crippen molar-refractivity contribution in [1.82, 2.24) is 9.97 Å². The molecule has 0 atom stereocenters. The van der Waals surface area contributed by atoms with Crippen molar-refractivity contribution in [3.63, 3.8) is 0 Å². The van der Waals surface area contributed by atoms with Crippen molar-refractivity contribution in [3.05, 3.63) is 81.6 Å². The number of anilines is 2. The van der Waals surface area contributed by atoms with Crippen molar-refractivity contribution in [2.45, 2.75) is 20.0 Å². The predicted molar refractivity (Wildman–Crippen MR) is 104 cm³/mol. The molecule has 0 radical (unpaired) electrons. The average molecular weight is 373 g/mol. The highest BCUT2D eigenvalue weighted by Crippen LogP contribution is 2.16. The van der Waals surface area contributed by atoms with E-state index in [2.05, 4.69) is 20.6 Å². The van der Waals surface area contributed by atoms with Gasteiger partial charge >= 0.3 is 0 Å². The Morgan fingerprint density at radius 3 is 1.52 bits per heavy atom. The van der Waals surface area contributed by atoms with Crippen LogP contribution in [0.5, 0.6) is 0 Å². The lowest BCUT2D eigenvalue weighted by molar-refractivity contribution is 1.00. The standard InChI is InChI=1S/C19H18Cl2N4/c1-13-24-18(22-11-14-2-6-16(20)7-3-14)10-19(25-13)23-12-15-4-8-17(21)9-5-15/h2-10H,11-12H2,1H3,(H2,22,23,24,25). The fourth-order valence-corrected chi connectivity index (χ4v) is 2.59. The Hall–Kier alpha value is -2.30. The fourth-order valence-electron chi connectivity index (χ4n) is 2.34. The Morgan fingerprint density at radius 1 is 0.720 bits per heavy atom. The summed E-state index contributed by atoms with van der Waals surface area (Å²) in [6.45, 7) is 3.22. The van der Waals surface area contributed by atoms with Crippen molar-refractivity contribution in [2.24, 2.45) is 0 Å². The molecule has 2 N–H and O–H groups in total. The van der Waals surface area contributed by atoms with Gasteiger partial charge in [-0.2, -0.15) is 0 Å². The van der Waals surface area contributed by atoms with Gasteiger partial charge in [0, 0.05) is 29.2 Å². The Kier molecular flexibility index (Phi) is 5.74. The molecule has 25 heavy (non-hydrogen) atoms. The molecule has 0 spiro atoms. The molecule has 0 bridgehead atoms. The zero-order chi connectivity index (χ0) is 17.6. The van der Waals surface area contributed by atoms with Crippen LogP contribution in [0.15, 0.2) is 54.6 Å². The third-order valence-corrected chi connectivity index (χ3v) is 4.12. The SMILES string of the molecule is Cc1nc(NCc2ccc(Cl)cc2)cc(NCc2ccc(Cl)cc2)n1. The first kappa shape index (κ1) is 17.5. The van der Waals surface area contributed by atoms with E-state index in [4.69, 9.17) is 23.2 Å². The van der Waals surface area contributed by atoms with Crippen LogP contribution < -0.4 is 10.6 Å². The fraction of sp³-hybridized carbons (Fsp3) is 0.158. The summed E-state index contributed by atoms with van der Waals surface area (Å²) < 4.78 is 0. The van der Waals surface area contributed by atoms with Crippen LogP contribution in [0.3, 0.4) is 0 Å². The Morgan fingerprint density at radius 2 is 1.12 bits per heavy atom. The smallest absolute Gasteiger partial charge is 0.132 e. The summed E-state index contributed by atoms with van der Waals surface area (Å²) in [5.41, 5.74) is 2.27. The van der Waals surface area contributed by atoms with Crippen LogP contribution in [0.1, 0.15) is 17.0 Å². The number of halogens is 2. The van der Waals surface area contributed by atoms with Crippen molar-refractivity contribution in [2.75, 3.05) is 10.6 Å². The Balaban J connectivity index is 1.63. The molecule has 0 aliphatic rings. The van der Waals surface area contributed by atoms with Gasteiger partial charge in [0.2, 0.25) is 0 Å². The first-order valence-electron chi connectivity index (χ1n) is 7.91. The summed E-state index contributed by atoms with van der Waals surface area (Å²) in [4.78, 5) is 8.85. The lowest BCUT2D eigenvalue weighted by Gasteiger charge is -2.10. The van der Waals surface area contributed by atoms with E-state index in [1.165, 1.54) is 0 Å². The molecule has 0 saturated carbocycles. The Bertz CT molecular complexity index is 765. The summed E-state index contributed by atoms with van der Waals surface area (Å²) in [5.74, 6) is 2.27. The van der Waals surface area contributed by atoms with Crippen molar-refractivity contribution in [1.29, 1.82) is 0 Å². The molecule has 0 fully saturated rings. The van der Waals surface area contributed by atoms with Gasteiger partial charge in [0.15, 0.2) is 0 Å². The summed E-state index contributed by atoms with van der Waals surface area (Å²) in [7, 11) is 0. The maximum Gasteiger partial charge on any atom is 0.132 e. The van der Waals surface area contributed by atoms with E-state index in [1.807, 2.05) is 61.5 Å². The molecule has 128 valence electrons. The van der Waals surface area contributed by atoms with E-state index in [-0.39, 0.29) is 0 Å². The average Bonchev–Trinajstić information content (AvgIpc) is 2.60. The highest BCUT2D eigenvalue weighted by atomic mass is 35.5. The number of aromatic nitrogens is 2. The summed E-state index contributed by atoms with van der Waals surface area (Å²) in [5, 5.41) is 8.09. The van der Waals surface area contributed by atoms with Gasteiger partial charge in [-0.3, -0.25) is 0 Å². The normalized spacial score (nSPS) is 10.5. The molecular weight excluding hydrogens is 355 g/mol. The van der Waals surface area contributed by atoms with E-state index < -0.39 is 0 Å². The molecule has 2 aromatic carbocycles. The number of nitrogens with zero attached hydrogens (tertiary/aromatic N) is 2. The molecular formula is C19H18Cl2N4. The molecule has 1 aromatic heterocycles. The molecule has 0 aliphatic heterocycles. The molecule has 4 nitrogen and oxygen atoms in total. The van der Waals surface area contributed by atoms with E-state index in [9.17, 15) is 0 Å². The summed E-state index contributed by atoms with van der Waals surface area (Å²) in [6, 6.07) is 17.4. The quantitative estimate of drug-likeness (QED) is 0.614. The molecule has 1 heterocycles. The van der Waals surface area contributed by atoms with Crippen LogP contribution in [0.2, 0.25) is 10.0 Å². The van der Waals surface area contributed by atoms with Crippen LogP contribution in [-0.2, 0) is 13.1 Å². The molecule has 3 rings (SSSR count). The van der Waals surface area contributed by atoms with E-state index >= 15 is 0 Å².